The summed E-state index contributed by atoms with van der Waals surface area (Å²) >= 11 is 0. The van der Waals surface area contributed by atoms with Crippen molar-refractivity contribution in [3.8, 4) is 5.75 Å². The second kappa shape index (κ2) is 8.08. The predicted molar refractivity (Wildman–Crippen MR) is 102 cm³/mol. The molecule has 6 heteroatoms. The number of piperidine rings is 1. The number of hydrogen-bond acceptors (Lipinski definition) is 4. The quantitative estimate of drug-likeness (QED) is 0.819. The van der Waals surface area contributed by atoms with Crippen LogP contribution in [0.1, 0.15) is 49.4 Å². The van der Waals surface area contributed by atoms with E-state index in [9.17, 15) is 9.59 Å². The van der Waals surface area contributed by atoms with Crippen LogP contribution in [0.15, 0.2) is 18.2 Å². The maximum absolute atomic E-state index is 12.5. The molecule has 1 aromatic carbocycles. The molecule has 2 unspecified atom stereocenters. The van der Waals surface area contributed by atoms with E-state index in [0.717, 1.165) is 12.8 Å². The number of fused-ring (bicyclic) bond motifs is 2. The van der Waals surface area contributed by atoms with Gasteiger partial charge in [0.2, 0.25) is 5.91 Å². The monoisotopic (exact) mass is 359 g/mol. The Hall–Kier alpha value is -2.08. The van der Waals surface area contributed by atoms with Gasteiger partial charge in [-0.3, -0.25) is 9.59 Å². The van der Waals surface area contributed by atoms with Crippen LogP contribution in [0.25, 0.3) is 0 Å². The smallest absolute Gasteiger partial charge is 0.253 e. The molecular weight excluding hydrogens is 330 g/mol. The SMILES string of the molecule is CCOc1cc(C(=O)N(C)C)ccc1NC(=O)CC1CC2CCC(C1)N2. The highest BCUT2D eigenvalue weighted by atomic mass is 16.5. The fourth-order valence-corrected chi connectivity index (χ4v) is 4.10. The van der Waals surface area contributed by atoms with Crippen molar-refractivity contribution in [3.63, 3.8) is 0 Å². The van der Waals surface area contributed by atoms with Crippen LogP contribution in [0.3, 0.4) is 0 Å². The van der Waals surface area contributed by atoms with E-state index in [-0.39, 0.29) is 11.8 Å². The largest absolute Gasteiger partial charge is 0.492 e. The van der Waals surface area contributed by atoms with Crippen LogP contribution in [-0.2, 0) is 4.79 Å². The van der Waals surface area contributed by atoms with E-state index in [1.807, 2.05) is 6.92 Å². The van der Waals surface area contributed by atoms with Gasteiger partial charge in [-0.15, -0.1) is 0 Å². The van der Waals surface area contributed by atoms with Gasteiger partial charge in [0.15, 0.2) is 0 Å². The maximum atomic E-state index is 12.5. The van der Waals surface area contributed by atoms with Crippen LogP contribution in [0.2, 0.25) is 0 Å². The van der Waals surface area contributed by atoms with E-state index in [2.05, 4.69) is 10.6 Å². The van der Waals surface area contributed by atoms with Crippen LogP contribution in [0.5, 0.6) is 5.75 Å². The molecule has 142 valence electrons. The molecule has 2 N–H and O–H groups in total. The van der Waals surface area contributed by atoms with Crippen LogP contribution >= 0.6 is 0 Å². The number of amides is 2. The summed E-state index contributed by atoms with van der Waals surface area (Å²) in [6.07, 6.45) is 5.17. The minimum Gasteiger partial charge on any atom is -0.492 e. The Morgan fingerprint density at radius 2 is 1.92 bits per heavy atom. The fraction of sp³-hybridized carbons (Fsp3) is 0.600. The van der Waals surface area contributed by atoms with Gasteiger partial charge in [0.1, 0.15) is 5.75 Å². The van der Waals surface area contributed by atoms with Crippen molar-refractivity contribution in [2.24, 2.45) is 5.92 Å². The van der Waals surface area contributed by atoms with Crippen molar-refractivity contribution in [2.45, 2.75) is 51.1 Å². The summed E-state index contributed by atoms with van der Waals surface area (Å²) in [6.45, 7) is 2.36. The average molecular weight is 359 g/mol. The molecule has 2 heterocycles. The lowest BCUT2D eigenvalue weighted by atomic mass is 9.89. The zero-order valence-corrected chi connectivity index (χ0v) is 15.9. The Labute approximate surface area is 155 Å². The summed E-state index contributed by atoms with van der Waals surface area (Å²) in [5, 5.41) is 6.59. The first-order valence-corrected chi connectivity index (χ1v) is 9.50. The molecule has 2 bridgehead atoms. The molecule has 0 aromatic heterocycles. The van der Waals surface area contributed by atoms with Gasteiger partial charge in [-0.2, -0.15) is 0 Å². The molecule has 3 rings (SSSR count). The van der Waals surface area contributed by atoms with Crippen LogP contribution in [0.4, 0.5) is 5.69 Å². The molecule has 2 saturated heterocycles. The van der Waals surface area contributed by atoms with Crippen molar-refractivity contribution < 1.29 is 14.3 Å². The van der Waals surface area contributed by atoms with Crippen LogP contribution in [0, 0.1) is 5.92 Å². The van der Waals surface area contributed by atoms with E-state index in [0.29, 0.717) is 48.0 Å². The Morgan fingerprint density at radius 1 is 1.23 bits per heavy atom. The lowest BCUT2D eigenvalue weighted by molar-refractivity contribution is -0.117. The van der Waals surface area contributed by atoms with E-state index in [1.54, 1.807) is 32.3 Å². The number of ether oxygens (including phenoxy) is 1. The summed E-state index contributed by atoms with van der Waals surface area (Å²) < 4.78 is 5.65. The number of carbonyl (C=O) groups excluding carboxylic acids is 2. The first-order valence-electron chi connectivity index (χ1n) is 9.50. The van der Waals surface area contributed by atoms with Gasteiger partial charge in [-0.1, -0.05) is 0 Å². The molecule has 2 fully saturated rings. The third-order valence-corrected chi connectivity index (χ3v) is 5.25. The molecule has 26 heavy (non-hydrogen) atoms. The van der Waals surface area contributed by atoms with E-state index in [1.165, 1.54) is 17.7 Å². The van der Waals surface area contributed by atoms with Crippen molar-refractivity contribution >= 4 is 17.5 Å². The van der Waals surface area contributed by atoms with Crippen molar-refractivity contribution in [2.75, 3.05) is 26.0 Å². The molecule has 0 spiro atoms. The molecule has 2 aliphatic rings. The number of benzene rings is 1. The lowest BCUT2D eigenvalue weighted by Gasteiger charge is -2.28. The predicted octanol–water partition coefficient (Wildman–Crippen LogP) is 2.65. The van der Waals surface area contributed by atoms with Gasteiger partial charge in [-0.25, -0.2) is 0 Å². The van der Waals surface area contributed by atoms with Crippen molar-refractivity contribution in [1.29, 1.82) is 0 Å². The van der Waals surface area contributed by atoms with Gasteiger partial charge < -0.3 is 20.3 Å². The molecule has 0 saturated carbocycles. The number of nitrogens with one attached hydrogen (secondary N) is 2. The van der Waals surface area contributed by atoms with Gasteiger partial charge in [0.25, 0.3) is 5.91 Å². The first-order chi connectivity index (χ1) is 12.5. The molecule has 2 aliphatic heterocycles. The van der Waals surface area contributed by atoms with Gasteiger partial charge in [-0.05, 0) is 56.7 Å². The number of hydrogen-bond donors (Lipinski definition) is 2. The molecule has 2 amide bonds. The van der Waals surface area contributed by atoms with E-state index in [4.69, 9.17) is 4.74 Å². The number of carbonyl (C=O) groups is 2. The van der Waals surface area contributed by atoms with E-state index >= 15 is 0 Å². The minimum atomic E-state index is -0.0889. The van der Waals surface area contributed by atoms with Crippen LogP contribution in [-0.4, -0.2) is 49.5 Å². The molecule has 2 atom stereocenters. The second-order valence-electron chi connectivity index (χ2n) is 7.57. The topological polar surface area (TPSA) is 70.7 Å². The number of nitrogens with zero attached hydrogens (tertiary/aromatic N) is 1. The number of rotatable bonds is 6. The molecule has 0 aliphatic carbocycles. The fourth-order valence-electron chi connectivity index (χ4n) is 4.10. The van der Waals surface area contributed by atoms with Crippen molar-refractivity contribution in [3.05, 3.63) is 23.8 Å². The van der Waals surface area contributed by atoms with Gasteiger partial charge in [0.05, 0.1) is 12.3 Å². The van der Waals surface area contributed by atoms with E-state index < -0.39 is 0 Å². The standard InChI is InChI=1S/C20H29N3O3/c1-4-26-18-12-14(20(25)23(2)3)5-8-17(18)22-19(24)11-13-9-15-6-7-16(10-13)21-15/h5,8,12-13,15-16,21H,4,6-7,9-11H2,1-3H3,(H,22,24). The highest BCUT2D eigenvalue weighted by Gasteiger charge is 2.34. The zero-order valence-electron chi connectivity index (χ0n) is 15.9. The molecule has 1 aromatic rings. The third kappa shape index (κ3) is 4.36. The Balaban J connectivity index is 1.65. The lowest BCUT2D eigenvalue weighted by Crippen LogP contribution is -2.39. The Bertz CT molecular complexity index is 662. The molecule has 0 radical (unpaired) electrons. The zero-order chi connectivity index (χ0) is 18.7. The Kier molecular flexibility index (Phi) is 5.81. The highest BCUT2D eigenvalue weighted by Crippen LogP contribution is 2.33. The van der Waals surface area contributed by atoms with Gasteiger partial charge >= 0.3 is 0 Å². The normalized spacial score (nSPS) is 24.2. The Morgan fingerprint density at radius 3 is 2.54 bits per heavy atom. The average Bonchev–Trinajstić information content (AvgIpc) is 2.94. The summed E-state index contributed by atoms with van der Waals surface area (Å²) in [4.78, 5) is 26.2. The third-order valence-electron chi connectivity index (χ3n) is 5.25. The summed E-state index contributed by atoms with van der Waals surface area (Å²) in [6, 6.07) is 6.35. The highest BCUT2D eigenvalue weighted by molar-refractivity contribution is 5.97. The molecular formula is C20H29N3O3. The van der Waals surface area contributed by atoms with Crippen LogP contribution < -0.4 is 15.4 Å². The summed E-state index contributed by atoms with van der Waals surface area (Å²) in [7, 11) is 3.43. The minimum absolute atomic E-state index is 0.0175. The maximum Gasteiger partial charge on any atom is 0.253 e. The first kappa shape index (κ1) is 18.7. The van der Waals surface area contributed by atoms with Gasteiger partial charge in [0, 0.05) is 38.2 Å². The molecule has 6 nitrogen and oxygen atoms in total. The summed E-state index contributed by atoms with van der Waals surface area (Å²) in [5.41, 5.74) is 1.18. The van der Waals surface area contributed by atoms with Crippen molar-refractivity contribution in [1.82, 2.24) is 10.2 Å². The second-order valence-corrected chi connectivity index (χ2v) is 7.57. The summed E-state index contributed by atoms with van der Waals surface area (Å²) in [5.74, 6) is 0.913. The number of anilines is 1.